The first-order chi connectivity index (χ1) is 9.24. The second kappa shape index (κ2) is 4.61. The van der Waals surface area contributed by atoms with Crippen LogP contribution in [0.1, 0.15) is 12.2 Å². The highest BCUT2D eigenvalue weighted by molar-refractivity contribution is 6.14. The lowest BCUT2D eigenvalue weighted by molar-refractivity contribution is 0.318. The normalized spacial score (nSPS) is 16.1. The molecule has 1 aromatic heterocycles. The summed E-state index contributed by atoms with van der Waals surface area (Å²) in [6, 6.07) is 9.15. The van der Waals surface area contributed by atoms with E-state index >= 15 is 0 Å². The van der Waals surface area contributed by atoms with Gasteiger partial charge in [-0.05, 0) is 36.4 Å². The number of ether oxygens (including phenoxy) is 1. The predicted octanol–water partition coefficient (Wildman–Crippen LogP) is 3.83. The van der Waals surface area contributed by atoms with Gasteiger partial charge in [0.15, 0.2) is 0 Å². The number of rotatable bonds is 3. The van der Waals surface area contributed by atoms with Crippen molar-refractivity contribution in [3.63, 3.8) is 0 Å². The Balaban J connectivity index is 1.74. The summed E-state index contributed by atoms with van der Waals surface area (Å²) in [4.78, 5) is 0. The summed E-state index contributed by atoms with van der Waals surface area (Å²) in [6.45, 7) is 0. The molecule has 0 saturated carbocycles. The lowest BCUT2D eigenvalue weighted by Crippen LogP contribution is -2.07. The Morgan fingerprint density at radius 1 is 1.16 bits per heavy atom. The third kappa shape index (κ3) is 2.35. The molecule has 0 unspecified atom stereocenters. The summed E-state index contributed by atoms with van der Waals surface area (Å²) in [5, 5.41) is 11.6. The van der Waals surface area contributed by atoms with E-state index in [-0.39, 0.29) is 5.82 Å². The third-order valence-corrected chi connectivity index (χ3v) is 2.77. The number of furan rings is 1. The second-order valence-electron chi connectivity index (χ2n) is 4.11. The SMILES string of the molecule is O/N=C1/C=C(c2ccc(Oc3ccc(F)cc3)o2)C1. The van der Waals surface area contributed by atoms with Crippen molar-refractivity contribution in [2.75, 3.05) is 0 Å². The van der Waals surface area contributed by atoms with Gasteiger partial charge in [-0.1, -0.05) is 5.16 Å². The molecule has 2 aromatic rings. The summed E-state index contributed by atoms with van der Waals surface area (Å²) in [5.74, 6) is 1.19. The zero-order valence-corrected chi connectivity index (χ0v) is 9.84. The monoisotopic (exact) mass is 259 g/mol. The van der Waals surface area contributed by atoms with Gasteiger partial charge in [-0.25, -0.2) is 4.39 Å². The predicted molar refractivity (Wildman–Crippen MR) is 67.0 cm³/mol. The van der Waals surface area contributed by atoms with Crippen LogP contribution in [0.5, 0.6) is 11.7 Å². The first-order valence-corrected chi connectivity index (χ1v) is 5.70. The molecule has 0 atom stereocenters. The number of hydrogen-bond acceptors (Lipinski definition) is 4. The molecular formula is C14H10FNO3. The summed E-state index contributed by atoms with van der Waals surface area (Å²) in [6.07, 6.45) is 2.31. The molecule has 5 heteroatoms. The van der Waals surface area contributed by atoms with Crippen LogP contribution in [0.4, 0.5) is 4.39 Å². The number of allylic oxidation sites excluding steroid dienone is 2. The molecule has 0 saturated heterocycles. The lowest BCUT2D eigenvalue weighted by atomic mass is 9.95. The number of hydrogen-bond donors (Lipinski definition) is 1. The van der Waals surface area contributed by atoms with E-state index in [4.69, 9.17) is 14.4 Å². The standard InChI is InChI=1S/C14H10FNO3/c15-10-1-3-12(4-2-10)18-14-6-5-13(19-14)9-7-11(8-9)16-17/h1-7,17H,8H2/b16-11-. The number of oxime groups is 1. The van der Waals surface area contributed by atoms with Gasteiger partial charge in [-0.3, -0.25) is 0 Å². The van der Waals surface area contributed by atoms with Gasteiger partial charge in [0.05, 0.1) is 5.71 Å². The van der Waals surface area contributed by atoms with E-state index in [1.807, 2.05) is 0 Å². The van der Waals surface area contributed by atoms with Crippen molar-refractivity contribution in [2.24, 2.45) is 5.16 Å². The molecule has 4 nitrogen and oxygen atoms in total. The quantitative estimate of drug-likeness (QED) is 0.673. The van der Waals surface area contributed by atoms with E-state index in [9.17, 15) is 4.39 Å². The molecule has 0 fully saturated rings. The van der Waals surface area contributed by atoms with E-state index in [1.165, 1.54) is 24.3 Å². The van der Waals surface area contributed by atoms with Gasteiger partial charge in [-0.2, -0.15) is 0 Å². The fourth-order valence-corrected chi connectivity index (χ4v) is 1.76. The Labute approximate surface area is 108 Å². The Kier molecular flexibility index (Phi) is 2.79. The highest BCUT2D eigenvalue weighted by atomic mass is 19.1. The minimum Gasteiger partial charge on any atom is -0.426 e. The zero-order chi connectivity index (χ0) is 13.2. The highest BCUT2D eigenvalue weighted by Crippen LogP contribution is 2.32. The smallest absolute Gasteiger partial charge is 0.290 e. The van der Waals surface area contributed by atoms with Crippen LogP contribution in [0.2, 0.25) is 0 Å². The van der Waals surface area contributed by atoms with Crippen molar-refractivity contribution in [1.82, 2.24) is 0 Å². The van der Waals surface area contributed by atoms with Crippen LogP contribution in [0.25, 0.3) is 5.57 Å². The molecular weight excluding hydrogens is 249 g/mol. The van der Waals surface area contributed by atoms with E-state index in [0.29, 0.717) is 29.6 Å². The number of nitrogens with zero attached hydrogens (tertiary/aromatic N) is 1. The summed E-state index contributed by atoms with van der Waals surface area (Å²) in [7, 11) is 0. The molecule has 1 N–H and O–H groups in total. The maximum atomic E-state index is 12.7. The molecule has 1 aliphatic rings. The van der Waals surface area contributed by atoms with Crippen molar-refractivity contribution < 1.29 is 18.8 Å². The van der Waals surface area contributed by atoms with Crippen LogP contribution < -0.4 is 4.74 Å². The van der Waals surface area contributed by atoms with Crippen LogP contribution in [-0.2, 0) is 0 Å². The van der Waals surface area contributed by atoms with Crippen LogP contribution in [-0.4, -0.2) is 10.9 Å². The summed E-state index contributed by atoms with van der Waals surface area (Å²) < 4.78 is 23.7. The van der Waals surface area contributed by atoms with E-state index < -0.39 is 0 Å². The van der Waals surface area contributed by atoms with Gasteiger partial charge < -0.3 is 14.4 Å². The maximum absolute atomic E-state index is 12.7. The summed E-state index contributed by atoms with van der Waals surface area (Å²) >= 11 is 0. The molecule has 1 aromatic carbocycles. The fraction of sp³-hybridized carbons (Fsp3) is 0.0714. The second-order valence-corrected chi connectivity index (χ2v) is 4.11. The zero-order valence-electron chi connectivity index (χ0n) is 9.84. The van der Waals surface area contributed by atoms with Crippen molar-refractivity contribution in [3.8, 4) is 11.7 Å². The van der Waals surface area contributed by atoms with Crippen molar-refractivity contribution >= 4 is 11.3 Å². The molecule has 3 rings (SSSR count). The van der Waals surface area contributed by atoms with Crippen LogP contribution in [0.3, 0.4) is 0 Å². The molecule has 1 aliphatic carbocycles. The molecule has 0 amide bonds. The maximum Gasteiger partial charge on any atom is 0.290 e. The minimum atomic E-state index is -0.317. The van der Waals surface area contributed by atoms with E-state index in [1.54, 1.807) is 18.2 Å². The molecule has 96 valence electrons. The van der Waals surface area contributed by atoms with Crippen LogP contribution in [0, 0.1) is 5.82 Å². The van der Waals surface area contributed by atoms with Gasteiger partial charge in [0.25, 0.3) is 5.95 Å². The molecule has 19 heavy (non-hydrogen) atoms. The first-order valence-electron chi connectivity index (χ1n) is 5.70. The van der Waals surface area contributed by atoms with Gasteiger partial charge in [0.1, 0.15) is 17.3 Å². The van der Waals surface area contributed by atoms with Crippen molar-refractivity contribution in [1.29, 1.82) is 0 Å². The van der Waals surface area contributed by atoms with Crippen molar-refractivity contribution in [2.45, 2.75) is 6.42 Å². The fourth-order valence-electron chi connectivity index (χ4n) is 1.76. The Bertz CT molecular complexity index is 656. The molecule has 1 heterocycles. The Morgan fingerprint density at radius 2 is 1.89 bits per heavy atom. The third-order valence-electron chi connectivity index (χ3n) is 2.77. The Morgan fingerprint density at radius 3 is 2.58 bits per heavy atom. The van der Waals surface area contributed by atoms with Gasteiger partial charge in [-0.15, -0.1) is 0 Å². The molecule has 0 spiro atoms. The molecule has 0 radical (unpaired) electrons. The van der Waals surface area contributed by atoms with Crippen molar-refractivity contribution in [3.05, 3.63) is 54.1 Å². The molecule has 0 bridgehead atoms. The topological polar surface area (TPSA) is 55.0 Å². The number of halogens is 1. The minimum absolute atomic E-state index is 0.317. The van der Waals surface area contributed by atoms with Gasteiger partial charge in [0.2, 0.25) is 0 Å². The highest BCUT2D eigenvalue weighted by Gasteiger charge is 2.19. The van der Waals surface area contributed by atoms with Gasteiger partial charge >= 0.3 is 0 Å². The van der Waals surface area contributed by atoms with E-state index in [2.05, 4.69) is 5.16 Å². The average molecular weight is 259 g/mol. The van der Waals surface area contributed by atoms with Crippen LogP contribution >= 0.6 is 0 Å². The largest absolute Gasteiger partial charge is 0.426 e. The summed E-state index contributed by atoms with van der Waals surface area (Å²) in [5.41, 5.74) is 1.56. The van der Waals surface area contributed by atoms with E-state index in [0.717, 1.165) is 5.57 Å². The lowest BCUT2D eigenvalue weighted by Gasteiger charge is -2.12. The van der Waals surface area contributed by atoms with Gasteiger partial charge in [0, 0.05) is 18.1 Å². The molecule has 0 aliphatic heterocycles. The first kappa shape index (κ1) is 11.5. The van der Waals surface area contributed by atoms with Crippen LogP contribution in [0.15, 0.2) is 52.0 Å². The number of benzene rings is 1. The average Bonchev–Trinajstić information content (AvgIpc) is 2.79. The Hall–Kier alpha value is -2.56.